The first-order chi connectivity index (χ1) is 12.1. The first-order valence-electron chi connectivity index (χ1n) is 9.99. The average Bonchev–Trinajstić information content (AvgIpc) is 3.20. The Kier molecular flexibility index (Phi) is 4.86. The predicted molar refractivity (Wildman–Crippen MR) is 97.5 cm³/mol. The molecule has 1 spiro atoms. The van der Waals surface area contributed by atoms with Gasteiger partial charge in [-0.3, -0.25) is 4.90 Å². The van der Waals surface area contributed by atoms with E-state index in [9.17, 15) is 0 Å². The van der Waals surface area contributed by atoms with Crippen LogP contribution in [0.5, 0.6) is 0 Å². The number of nitrogens with zero attached hydrogens (tertiary/aromatic N) is 5. The average molecular weight is 348 g/mol. The van der Waals surface area contributed by atoms with Gasteiger partial charge in [0.2, 0.25) is 0 Å². The van der Waals surface area contributed by atoms with Crippen molar-refractivity contribution in [3.05, 3.63) is 12.2 Å². The lowest BCUT2D eigenvalue weighted by Gasteiger charge is -2.44. The van der Waals surface area contributed by atoms with E-state index in [4.69, 9.17) is 4.74 Å². The summed E-state index contributed by atoms with van der Waals surface area (Å²) in [6, 6.07) is 1.34. The topological polar surface area (TPSA) is 46.4 Å². The van der Waals surface area contributed by atoms with Crippen LogP contribution in [0.2, 0.25) is 0 Å². The standard InChI is InChI=1S/C19H33N5O/c1-15(2)23-8-6-19(7-9-23)13-24(16-4-10-25-11-5-16)12-17(19)18-21-20-14-22(18)3/h14-17H,4-13H2,1-3H3. The van der Waals surface area contributed by atoms with Gasteiger partial charge in [-0.2, -0.15) is 0 Å². The number of ether oxygens (including phenoxy) is 1. The van der Waals surface area contributed by atoms with Crippen LogP contribution in [0.4, 0.5) is 0 Å². The van der Waals surface area contributed by atoms with Gasteiger partial charge in [-0.15, -0.1) is 10.2 Å². The zero-order valence-corrected chi connectivity index (χ0v) is 16.0. The molecule has 25 heavy (non-hydrogen) atoms. The fourth-order valence-corrected chi connectivity index (χ4v) is 5.29. The largest absolute Gasteiger partial charge is 0.381 e. The van der Waals surface area contributed by atoms with Crippen LogP contribution < -0.4 is 0 Å². The van der Waals surface area contributed by atoms with Crippen LogP contribution in [0.25, 0.3) is 0 Å². The van der Waals surface area contributed by atoms with Crippen molar-refractivity contribution in [1.82, 2.24) is 24.6 Å². The molecule has 4 heterocycles. The fourth-order valence-electron chi connectivity index (χ4n) is 5.29. The minimum Gasteiger partial charge on any atom is -0.381 e. The fraction of sp³-hybridized carbons (Fsp3) is 0.895. The summed E-state index contributed by atoms with van der Waals surface area (Å²) in [5, 5.41) is 8.72. The lowest BCUT2D eigenvalue weighted by atomic mass is 9.70. The van der Waals surface area contributed by atoms with Gasteiger partial charge in [-0.1, -0.05) is 0 Å². The van der Waals surface area contributed by atoms with Crippen molar-refractivity contribution in [2.24, 2.45) is 12.5 Å². The van der Waals surface area contributed by atoms with E-state index in [0.29, 0.717) is 23.4 Å². The summed E-state index contributed by atoms with van der Waals surface area (Å²) in [5.74, 6) is 1.70. The molecule has 0 N–H and O–H groups in total. The molecule has 6 heteroatoms. The molecule has 0 amide bonds. The van der Waals surface area contributed by atoms with Crippen LogP contribution in [0.1, 0.15) is 51.3 Å². The van der Waals surface area contributed by atoms with Gasteiger partial charge in [0.1, 0.15) is 12.2 Å². The molecular formula is C19H33N5O. The van der Waals surface area contributed by atoms with E-state index in [1.54, 1.807) is 0 Å². The first kappa shape index (κ1) is 17.4. The molecule has 3 saturated heterocycles. The van der Waals surface area contributed by atoms with Gasteiger partial charge in [-0.05, 0) is 58.0 Å². The molecule has 0 saturated carbocycles. The van der Waals surface area contributed by atoms with Gasteiger partial charge in [0, 0.05) is 51.4 Å². The highest BCUT2D eigenvalue weighted by Gasteiger charge is 2.51. The van der Waals surface area contributed by atoms with E-state index in [0.717, 1.165) is 19.8 Å². The summed E-state index contributed by atoms with van der Waals surface area (Å²) in [7, 11) is 2.10. The van der Waals surface area contributed by atoms with E-state index in [2.05, 4.69) is 45.5 Å². The molecule has 140 valence electrons. The minimum atomic E-state index is 0.366. The number of piperidine rings is 1. The number of likely N-dealkylation sites (tertiary alicyclic amines) is 2. The highest BCUT2D eigenvalue weighted by Crippen LogP contribution is 2.50. The Balaban J connectivity index is 1.57. The van der Waals surface area contributed by atoms with E-state index >= 15 is 0 Å². The maximum Gasteiger partial charge on any atom is 0.137 e. The van der Waals surface area contributed by atoms with Crippen molar-refractivity contribution in [2.45, 2.75) is 57.5 Å². The molecule has 3 aliphatic rings. The van der Waals surface area contributed by atoms with Gasteiger partial charge in [0.25, 0.3) is 0 Å². The van der Waals surface area contributed by atoms with Gasteiger partial charge < -0.3 is 14.2 Å². The summed E-state index contributed by atoms with van der Waals surface area (Å²) in [6.07, 6.45) is 6.79. The van der Waals surface area contributed by atoms with E-state index < -0.39 is 0 Å². The summed E-state index contributed by atoms with van der Waals surface area (Å²) in [5.41, 5.74) is 0.366. The lowest BCUT2D eigenvalue weighted by Crippen LogP contribution is -2.47. The normalized spacial score (nSPS) is 29.0. The summed E-state index contributed by atoms with van der Waals surface area (Å²) >= 11 is 0. The molecule has 3 aliphatic heterocycles. The number of rotatable bonds is 3. The number of aryl methyl sites for hydroxylation is 1. The summed E-state index contributed by atoms with van der Waals surface area (Å²) in [6.45, 7) is 11.3. The molecule has 6 nitrogen and oxygen atoms in total. The Morgan fingerprint density at radius 3 is 2.52 bits per heavy atom. The highest BCUT2D eigenvalue weighted by atomic mass is 16.5. The zero-order chi connectivity index (χ0) is 17.4. The smallest absolute Gasteiger partial charge is 0.137 e. The minimum absolute atomic E-state index is 0.366. The summed E-state index contributed by atoms with van der Waals surface area (Å²) < 4.78 is 7.74. The third kappa shape index (κ3) is 3.24. The van der Waals surface area contributed by atoms with Crippen molar-refractivity contribution in [3.8, 4) is 0 Å². The zero-order valence-electron chi connectivity index (χ0n) is 16.0. The van der Waals surface area contributed by atoms with Gasteiger partial charge in [-0.25, -0.2) is 0 Å². The van der Waals surface area contributed by atoms with Crippen LogP contribution in [0.3, 0.4) is 0 Å². The van der Waals surface area contributed by atoms with Crippen LogP contribution in [0.15, 0.2) is 6.33 Å². The second-order valence-electron chi connectivity index (χ2n) is 8.62. The van der Waals surface area contributed by atoms with Crippen LogP contribution in [-0.2, 0) is 11.8 Å². The second kappa shape index (κ2) is 6.97. The van der Waals surface area contributed by atoms with Crippen molar-refractivity contribution in [1.29, 1.82) is 0 Å². The van der Waals surface area contributed by atoms with Gasteiger partial charge >= 0.3 is 0 Å². The van der Waals surface area contributed by atoms with E-state index in [1.807, 2.05) is 6.33 Å². The van der Waals surface area contributed by atoms with Crippen LogP contribution >= 0.6 is 0 Å². The van der Waals surface area contributed by atoms with Gasteiger partial charge in [0.05, 0.1) is 0 Å². The number of hydrogen-bond acceptors (Lipinski definition) is 5. The SMILES string of the molecule is CC(C)N1CCC2(CC1)CN(C1CCOCC1)CC2c1nncn1C. The first-order valence-corrected chi connectivity index (χ1v) is 9.99. The Morgan fingerprint density at radius 2 is 1.92 bits per heavy atom. The molecule has 0 aliphatic carbocycles. The molecule has 0 radical (unpaired) electrons. The maximum absolute atomic E-state index is 5.60. The maximum atomic E-state index is 5.60. The molecule has 1 unspecified atom stereocenters. The van der Waals surface area contributed by atoms with Crippen LogP contribution in [-0.4, -0.2) is 76.0 Å². The third-order valence-electron chi connectivity index (χ3n) is 6.96. The van der Waals surface area contributed by atoms with E-state index in [-0.39, 0.29) is 0 Å². The second-order valence-corrected chi connectivity index (χ2v) is 8.62. The van der Waals surface area contributed by atoms with Gasteiger partial charge in [0.15, 0.2) is 0 Å². The molecule has 4 rings (SSSR count). The molecular weight excluding hydrogens is 314 g/mol. The number of hydrogen-bond donors (Lipinski definition) is 0. The van der Waals surface area contributed by atoms with Crippen molar-refractivity contribution in [2.75, 3.05) is 39.4 Å². The molecule has 1 atom stereocenters. The Bertz CT molecular complexity index is 572. The molecule has 0 bridgehead atoms. The molecule has 0 aromatic carbocycles. The number of aromatic nitrogens is 3. The molecule has 1 aromatic heterocycles. The predicted octanol–water partition coefficient (Wildman–Crippen LogP) is 1.88. The Labute approximate surface area is 151 Å². The molecule has 1 aromatic rings. The van der Waals surface area contributed by atoms with Crippen molar-refractivity contribution in [3.63, 3.8) is 0 Å². The lowest BCUT2D eigenvalue weighted by molar-refractivity contribution is 0.0305. The van der Waals surface area contributed by atoms with Crippen molar-refractivity contribution >= 4 is 0 Å². The van der Waals surface area contributed by atoms with E-state index in [1.165, 1.54) is 51.1 Å². The summed E-state index contributed by atoms with van der Waals surface area (Å²) in [4.78, 5) is 5.39. The molecule has 3 fully saturated rings. The Hall–Kier alpha value is -0.980. The quantitative estimate of drug-likeness (QED) is 0.835. The third-order valence-corrected chi connectivity index (χ3v) is 6.96. The Morgan fingerprint density at radius 1 is 1.20 bits per heavy atom. The van der Waals surface area contributed by atoms with Crippen LogP contribution in [0, 0.1) is 5.41 Å². The highest BCUT2D eigenvalue weighted by molar-refractivity contribution is 5.14. The van der Waals surface area contributed by atoms with Crippen molar-refractivity contribution < 1.29 is 4.74 Å². The monoisotopic (exact) mass is 347 g/mol.